The second-order valence-electron chi connectivity index (χ2n) is 6.59. The first kappa shape index (κ1) is 23.0. The zero-order chi connectivity index (χ0) is 21.7. The van der Waals surface area contributed by atoms with Crippen LogP contribution < -0.4 is 5.43 Å². The van der Waals surface area contributed by atoms with Gasteiger partial charge in [0.2, 0.25) is 10.0 Å². The van der Waals surface area contributed by atoms with Gasteiger partial charge in [0.05, 0.1) is 17.7 Å². The molecule has 30 heavy (non-hydrogen) atoms. The summed E-state index contributed by atoms with van der Waals surface area (Å²) in [5.74, 6) is -0.801. The van der Waals surface area contributed by atoms with Crippen molar-refractivity contribution in [1.82, 2.24) is 14.6 Å². The van der Waals surface area contributed by atoms with Crippen LogP contribution in [-0.4, -0.2) is 62.5 Å². The third-order valence-electron chi connectivity index (χ3n) is 4.50. The van der Waals surface area contributed by atoms with Gasteiger partial charge in [0.1, 0.15) is 5.82 Å². The molecule has 1 aliphatic rings. The molecular formula is C19H19Br2FN4O3S. The van der Waals surface area contributed by atoms with Crippen molar-refractivity contribution < 1.29 is 17.6 Å². The standard InChI is InChI=1S/C19H19Br2FN4O3S/c20-15-1-4-17(5-2-15)30(28,29)26-9-7-25(8-10-26)13-19(27)24-23-12-14-11-16(21)3-6-18(14)22/h1-6,11-12H,7-10,13H2,(H,24,27)/b23-12+. The Kier molecular flexibility index (Phi) is 7.75. The molecule has 2 aromatic rings. The zero-order valence-electron chi connectivity index (χ0n) is 15.8. The van der Waals surface area contributed by atoms with Crippen LogP contribution in [0.15, 0.2) is 61.4 Å². The first-order valence-corrected chi connectivity index (χ1v) is 12.0. The van der Waals surface area contributed by atoms with E-state index in [9.17, 15) is 17.6 Å². The van der Waals surface area contributed by atoms with Crippen LogP contribution in [0.3, 0.4) is 0 Å². The number of hydrogen-bond acceptors (Lipinski definition) is 5. The fourth-order valence-corrected chi connectivity index (χ4v) is 4.97. The van der Waals surface area contributed by atoms with E-state index in [-0.39, 0.29) is 36.0 Å². The Morgan fingerprint density at radius 1 is 1.07 bits per heavy atom. The van der Waals surface area contributed by atoms with Crippen LogP contribution in [0.1, 0.15) is 5.56 Å². The Hall–Kier alpha value is -1.66. The maximum Gasteiger partial charge on any atom is 0.254 e. The van der Waals surface area contributed by atoms with E-state index >= 15 is 0 Å². The van der Waals surface area contributed by atoms with E-state index in [0.717, 1.165) is 4.47 Å². The molecule has 0 atom stereocenters. The van der Waals surface area contributed by atoms with Gasteiger partial charge in [-0.3, -0.25) is 9.69 Å². The number of hydrazone groups is 1. The molecule has 2 aromatic carbocycles. The average molecular weight is 562 g/mol. The van der Waals surface area contributed by atoms with Crippen LogP contribution in [0.25, 0.3) is 0 Å². The lowest BCUT2D eigenvalue weighted by atomic mass is 10.2. The molecule has 1 N–H and O–H groups in total. The predicted molar refractivity (Wildman–Crippen MR) is 119 cm³/mol. The molecule has 0 radical (unpaired) electrons. The highest BCUT2D eigenvalue weighted by molar-refractivity contribution is 9.10. The number of benzene rings is 2. The summed E-state index contributed by atoms with van der Waals surface area (Å²) in [6, 6.07) is 10.9. The highest BCUT2D eigenvalue weighted by atomic mass is 79.9. The third-order valence-corrected chi connectivity index (χ3v) is 7.44. The van der Waals surface area contributed by atoms with Crippen molar-refractivity contribution in [3.8, 4) is 0 Å². The maximum absolute atomic E-state index is 13.7. The summed E-state index contributed by atoms with van der Waals surface area (Å²) in [5.41, 5.74) is 2.61. The summed E-state index contributed by atoms with van der Waals surface area (Å²) in [6.45, 7) is 1.50. The minimum Gasteiger partial charge on any atom is -0.292 e. The topological polar surface area (TPSA) is 82.1 Å². The number of amides is 1. The lowest BCUT2D eigenvalue weighted by Gasteiger charge is -2.33. The minimum atomic E-state index is -3.56. The first-order chi connectivity index (χ1) is 14.3. The quantitative estimate of drug-likeness (QED) is 0.434. The molecule has 7 nitrogen and oxygen atoms in total. The van der Waals surface area contributed by atoms with Crippen molar-refractivity contribution >= 4 is 54.0 Å². The number of piperazine rings is 1. The predicted octanol–water partition coefficient (Wildman–Crippen LogP) is 2.81. The Morgan fingerprint density at radius 3 is 2.37 bits per heavy atom. The van der Waals surface area contributed by atoms with Crippen molar-refractivity contribution in [3.63, 3.8) is 0 Å². The van der Waals surface area contributed by atoms with Crippen LogP contribution in [-0.2, 0) is 14.8 Å². The summed E-state index contributed by atoms with van der Waals surface area (Å²) in [6.07, 6.45) is 1.24. The highest BCUT2D eigenvalue weighted by Gasteiger charge is 2.28. The molecule has 1 amide bonds. The Balaban J connectivity index is 1.49. The molecule has 1 fully saturated rings. The van der Waals surface area contributed by atoms with E-state index in [1.807, 2.05) is 4.90 Å². The van der Waals surface area contributed by atoms with Crippen LogP contribution >= 0.6 is 31.9 Å². The van der Waals surface area contributed by atoms with Gasteiger partial charge in [-0.15, -0.1) is 0 Å². The molecule has 1 aliphatic heterocycles. The van der Waals surface area contributed by atoms with Gasteiger partial charge in [-0.05, 0) is 42.5 Å². The number of hydrogen-bond donors (Lipinski definition) is 1. The molecule has 3 rings (SSSR count). The van der Waals surface area contributed by atoms with E-state index in [2.05, 4.69) is 42.4 Å². The van der Waals surface area contributed by atoms with Crippen LogP contribution in [0.4, 0.5) is 4.39 Å². The first-order valence-electron chi connectivity index (χ1n) is 9.01. The monoisotopic (exact) mass is 560 g/mol. The summed E-state index contributed by atoms with van der Waals surface area (Å²) >= 11 is 6.54. The van der Waals surface area contributed by atoms with Gasteiger partial charge in [-0.1, -0.05) is 31.9 Å². The summed E-state index contributed by atoms with van der Waals surface area (Å²) in [5, 5.41) is 3.79. The molecule has 0 unspecified atom stereocenters. The Labute approximate surface area is 191 Å². The normalized spacial score (nSPS) is 16.1. The number of carbonyl (C=O) groups excluding carboxylic acids is 1. The number of carbonyl (C=O) groups is 1. The summed E-state index contributed by atoms with van der Waals surface area (Å²) in [7, 11) is -3.56. The smallest absolute Gasteiger partial charge is 0.254 e. The van der Waals surface area contributed by atoms with E-state index in [0.29, 0.717) is 17.6 Å². The highest BCUT2D eigenvalue weighted by Crippen LogP contribution is 2.20. The van der Waals surface area contributed by atoms with E-state index in [4.69, 9.17) is 0 Å². The second-order valence-corrected chi connectivity index (χ2v) is 10.4. The largest absolute Gasteiger partial charge is 0.292 e. The van der Waals surface area contributed by atoms with Crippen molar-refractivity contribution in [2.24, 2.45) is 5.10 Å². The van der Waals surface area contributed by atoms with Gasteiger partial charge >= 0.3 is 0 Å². The fourth-order valence-electron chi connectivity index (χ4n) is 2.91. The molecule has 0 aromatic heterocycles. The fraction of sp³-hybridized carbons (Fsp3) is 0.263. The van der Waals surface area contributed by atoms with Gasteiger partial charge in [-0.2, -0.15) is 9.41 Å². The molecule has 160 valence electrons. The lowest BCUT2D eigenvalue weighted by Crippen LogP contribution is -2.50. The molecular weight excluding hydrogens is 543 g/mol. The number of halogens is 3. The van der Waals surface area contributed by atoms with Crippen molar-refractivity contribution in [2.45, 2.75) is 4.90 Å². The van der Waals surface area contributed by atoms with Gasteiger partial charge in [-0.25, -0.2) is 18.2 Å². The third kappa shape index (κ3) is 5.94. The van der Waals surface area contributed by atoms with Gasteiger partial charge in [0, 0.05) is 40.7 Å². The molecule has 0 bridgehead atoms. The van der Waals surface area contributed by atoms with Crippen LogP contribution in [0.5, 0.6) is 0 Å². The molecule has 1 saturated heterocycles. The number of sulfonamides is 1. The summed E-state index contributed by atoms with van der Waals surface area (Å²) in [4.78, 5) is 14.2. The van der Waals surface area contributed by atoms with Gasteiger partial charge < -0.3 is 0 Å². The summed E-state index contributed by atoms with van der Waals surface area (Å²) < 4.78 is 42.0. The number of nitrogens with zero attached hydrogens (tertiary/aromatic N) is 3. The van der Waals surface area contributed by atoms with Crippen LogP contribution in [0, 0.1) is 5.82 Å². The Bertz CT molecular complexity index is 1040. The minimum absolute atomic E-state index is 0.0739. The maximum atomic E-state index is 13.7. The van der Waals surface area contributed by atoms with Gasteiger partial charge in [0.15, 0.2) is 0 Å². The Morgan fingerprint density at radius 2 is 1.70 bits per heavy atom. The number of rotatable bonds is 6. The molecule has 0 aliphatic carbocycles. The van der Waals surface area contributed by atoms with Crippen molar-refractivity contribution in [2.75, 3.05) is 32.7 Å². The molecule has 11 heteroatoms. The average Bonchev–Trinajstić information content (AvgIpc) is 2.71. The number of nitrogens with one attached hydrogen (secondary N) is 1. The van der Waals surface area contributed by atoms with Crippen molar-refractivity contribution in [1.29, 1.82) is 0 Å². The van der Waals surface area contributed by atoms with Crippen LogP contribution in [0.2, 0.25) is 0 Å². The van der Waals surface area contributed by atoms with Gasteiger partial charge in [0.25, 0.3) is 5.91 Å². The zero-order valence-corrected chi connectivity index (χ0v) is 19.8. The van der Waals surface area contributed by atoms with E-state index in [1.54, 1.807) is 36.4 Å². The van der Waals surface area contributed by atoms with E-state index < -0.39 is 15.8 Å². The lowest BCUT2D eigenvalue weighted by molar-refractivity contribution is -0.122. The molecule has 1 heterocycles. The molecule has 0 saturated carbocycles. The van der Waals surface area contributed by atoms with Crippen molar-refractivity contribution in [3.05, 3.63) is 62.8 Å². The SMILES string of the molecule is O=C(CN1CCN(S(=O)(=O)c2ccc(Br)cc2)CC1)N/N=C/c1cc(Br)ccc1F. The molecule has 0 spiro atoms. The van der Waals surface area contributed by atoms with E-state index in [1.165, 1.54) is 16.6 Å². The second kappa shape index (κ2) is 10.1.